The van der Waals surface area contributed by atoms with E-state index < -0.39 is 0 Å². The van der Waals surface area contributed by atoms with E-state index in [0.29, 0.717) is 15.7 Å². The highest BCUT2D eigenvalue weighted by atomic mass is 35.5. The van der Waals surface area contributed by atoms with Crippen molar-refractivity contribution in [2.45, 2.75) is 10.6 Å². The van der Waals surface area contributed by atoms with Crippen LogP contribution in [0.1, 0.15) is 5.56 Å². The van der Waals surface area contributed by atoms with Gasteiger partial charge in [-0.25, -0.2) is 0 Å². The molecule has 2 N–H and O–H groups in total. The minimum absolute atomic E-state index is 0.658. The van der Waals surface area contributed by atoms with Gasteiger partial charge in [-0.3, -0.25) is 0 Å². The summed E-state index contributed by atoms with van der Waals surface area (Å²) in [6, 6.07) is 11.1. The smallest absolute Gasteiger partial charge is 0.123 e. The summed E-state index contributed by atoms with van der Waals surface area (Å²) in [6.45, 7) is 0. The first-order chi connectivity index (χ1) is 9.10. The van der Waals surface area contributed by atoms with Crippen molar-refractivity contribution in [1.82, 2.24) is 0 Å². The number of benzene rings is 2. The number of nitrogen functional groups attached to an aromatic ring is 1. The Bertz CT molecular complexity index is 590. The van der Waals surface area contributed by atoms with Crippen LogP contribution in [0.25, 0.3) is 0 Å². The number of anilines is 1. The second kappa shape index (κ2) is 6.42. The van der Waals surface area contributed by atoms with Gasteiger partial charge in [0.25, 0.3) is 0 Å². The van der Waals surface area contributed by atoms with Gasteiger partial charge in [0.2, 0.25) is 0 Å². The zero-order valence-electron chi connectivity index (χ0n) is 10.3. The Morgan fingerprint density at radius 1 is 1.16 bits per heavy atom. The molecule has 0 bridgehead atoms. The third kappa shape index (κ3) is 3.72. The Morgan fingerprint density at radius 3 is 2.63 bits per heavy atom. The molecule has 100 valence electrons. The van der Waals surface area contributed by atoms with Gasteiger partial charge in [-0.1, -0.05) is 23.2 Å². The average Bonchev–Trinajstić information content (AvgIpc) is 2.38. The monoisotopic (exact) mass is 313 g/mol. The first-order valence-corrected chi connectivity index (χ1v) is 7.34. The molecule has 0 aliphatic rings. The van der Waals surface area contributed by atoms with Crippen molar-refractivity contribution in [3.05, 3.63) is 52.0 Å². The number of hydrogen-bond acceptors (Lipinski definition) is 3. The molecule has 2 aromatic carbocycles. The molecule has 0 aliphatic carbocycles. The maximum atomic E-state index is 6.14. The van der Waals surface area contributed by atoms with Crippen LogP contribution in [-0.4, -0.2) is 7.11 Å². The molecule has 2 rings (SSSR count). The summed E-state index contributed by atoms with van der Waals surface area (Å²) in [6.07, 6.45) is 0. The van der Waals surface area contributed by atoms with Gasteiger partial charge in [-0.15, -0.1) is 11.8 Å². The predicted octanol–water partition coefficient (Wildman–Crippen LogP) is 4.88. The molecule has 0 radical (unpaired) electrons. The van der Waals surface area contributed by atoms with E-state index >= 15 is 0 Å². The van der Waals surface area contributed by atoms with Crippen molar-refractivity contribution in [3.8, 4) is 5.75 Å². The van der Waals surface area contributed by atoms with Crippen molar-refractivity contribution in [1.29, 1.82) is 0 Å². The van der Waals surface area contributed by atoms with Gasteiger partial charge in [0.1, 0.15) is 5.75 Å². The third-order valence-corrected chi connectivity index (χ3v) is 4.36. The molecule has 2 aromatic rings. The van der Waals surface area contributed by atoms with Crippen molar-refractivity contribution < 1.29 is 4.74 Å². The molecular weight excluding hydrogens is 301 g/mol. The van der Waals surface area contributed by atoms with Crippen LogP contribution < -0.4 is 10.5 Å². The van der Waals surface area contributed by atoms with Crippen molar-refractivity contribution in [2.75, 3.05) is 12.8 Å². The topological polar surface area (TPSA) is 35.2 Å². The zero-order valence-corrected chi connectivity index (χ0v) is 12.6. The van der Waals surface area contributed by atoms with Crippen LogP contribution >= 0.6 is 35.0 Å². The lowest BCUT2D eigenvalue weighted by atomic mass is 10.2. The van der Waals surface area contributed by atoms with Crippen molar-refractivity contribution >= 4 is 40.7 Å². The normalized spacial score (nSPS) is 10.5. The first kappa shape index (κ1) is 14.4. The molecule has 5 heteroatoms. The number of nitrogens with two attached hydrogens (primary N) is 1. The summed E-state index contributed by atoms with van der Waals surface area (Å²) in [5, 5.41) is 1.35. The van der Waals surface area contributed by atoms with Gasteiger partial charge in [-0.2, -0.15) is 0 Å². The first-order valence-electron chi connectivity index (χ1n) is 5.60. The summed E-state index contributed by atoms with van der Waals surface area (Å²) in [7, 11) is 1.65. The molecule has 0 saturated carbocycles. The Balaban J connectivity index is 2.16. The Morgan fingerprint density at radius 2 is 1.95 bits per heavy atom. The lowest BCUT2D eigenvalue weighted by Gasteiger charge is -2.09. The van der Waals surface area contributed by atoms with E-state index in [0.717, 1.165) is 22.0 Å². The van der Waals surface area contributed by atoms with E-state index in [9.17, 15) is 0 Å². The van der Waals surface area contributed by atoms with Gasteiger partial charge >= 0.3 is 0 Å². The largest absolute Gasteiger partial charge is 0.496 e. The zero-order chi connectivity index (χ0) is 13.8. The van der Waals surface area contributed by atoms with Gasteiger partial charge in [0, 0.05) is 26.9 Å². The van der Waals surface area contributed by atoms with E-state index in [2.05, 4.69) is 0 Å². The molecule has 0 aromatic heterocycles. The fourth-order valence-electron chi connectivity index (χ4n) is 1.65. The molecule has 0 unspecified atom stereocenters. The molecule has 19 heavy (non-hydrogen) atoms. The summed E-state index contributed by atoms with van der Waals surface area (Å²) in [5.41, 5.74) is 7.37. The fraction of sp³-hybridized carbons (Fsp3) is 0.143. The van der Waals surface area contributed by atoms with Gasteiger partial charge in [0.05, 0.1) is 12.1 Å². The molecule has 0 fully saturated rings. The number of rotatable bonds is 4. The van der Waals surface area contributed by atoms with E-state index in [1.54, 1.807) is 24.9 Å². The quantitative estimate of drug-likeness (QED) is 0.645. The van der Waals surface area contributed by atoms with Crippen LogP contribution in [0.3, 0.4) is 0 Å². The molecule has 0 heterocycles. The molecular formula is C14H13Cl2NOS. The maximum Gasteiger partial charge on any atom is 0.123 e. The van der Waals surface area contributed by atoms with E-state index in [1.165, 1.54) is 0 Å². The predicted molar refractivity (Wildman–Crippen MR) is 83.4 cm³/mol. The van der Waals surface area contributed by atoms with Crippen molar-refractivity contribution in [3.63, 3.8) is 0 Å². The van der Waals surface area contributed by atoms with Crippen LogP contribution in [-0.2, 0) is 5.75 Å². The summed E-state index contributed by atoms with van der Waals surface area (Å²) in [5.74, 6) is 1.55. The Hall–Kier alpha value is -1.03. The Kier molecular flexibility index (Phi) is 4.86. The minimum Gasteiger partial charge on any atom is -0.496 e. The summed E-state index contributed by atoms with van der Waals surface area (Å²) >= 11 is 13.8. The second-order valence-electron chi connectivity index (χ2n) is 3.93. The number of thioether (sulfide) groups is 1. The SMILES string of the molecule is COc1ccc(Cl)cc1CSc1ccc(N)cc1Cl. The maximum absolute atomic E-state index is 6.14. The highest BCUT2D eigenvalue weighted by molar-refractivity contribution is 7.98. The second-order valence-corrected chi connectivity index (χ2v) is 5.80. The van der Waals surface area contributed by atoms with E-state index in [1.807, 2.05) is 30.3 Å². The molecule has 0 saturated heterocycles. The van der Waals surface area contributed by atoms with Crippen LogP contribution in [0.5, 0.6) is 5.75 Å². The summed E-state index contributed by atoms with van der Waals surface area (Å²) < 4.78 is 5.31. The number of ether oxygens (including phenoxy) is 1. The molecule has 2 nitrogen and oxygen atoms in total. The lowest BCUT2D eigenvalue weighted by Crippen LogP contribution is -1.91. The van der Waals surface area contributed by atoms with E-state index in [4.69, 9.17) is 33.7 Å². The molecule has 0 spiro atoms. The molecule has 0 amide bonds. The number of halogens is 2. The standard InChI is InChI=1S/C14H13Cl2NOS/c1-18-13-4-2-10(15)6-9(13)8-19-14-5-3-11(17)7-12(14)16/h2-7H,8,17H2,1H3. The van der Waals surface area contributed by atoms with Gasteiger partial charge in [0.15, 0.2) is 0 Å². The number of methoxy groups -OCH3 is 1. The van der Waals surface area contributed by atoms with Crippen LogP contribution in [0.2, 0.25) is 10.0 Å². The van der Waals surface area contributed by atoms with Crippen molar-refractivity contribution in [2.24, 2.45) is 0 Å². The highest BCUT2D eigenvalue weighted by Crippen LogP contribution is 2.34. The van der Waals surface area contributed by atoms with Gasteiger partial charge in [-0.05, 0) is 36.4 Å². The Labute approximate surface area is 126 Å². The number of hydrogen-bond donors (Lipinski definition) is 1. The summed E-state index contributed by atoms with van der Waals surface area (Å²) in [4.78, 5) is 0.984. The molecule has 0 atom stereocenters. The third-order valence-electron chi connectivity index (χ3n) is 2.58. The van der Waals surface area contributed by atoms with Crippen LogP contribution in [0, 0.1) is 0 Å². The van der Waals surface area contributed by atoms with E-state index in [-0.39, 0.29) is 0 Å². The fourth-order valence-corrected chi connectivity index (χ4v) is 3.09. The molecule has 0 aliphatic heterocycles. The van der Waals surface area contributed by atoms with Crippen LogP contribution in [0.15, 0.2) is 41.3 Å². The van der Waals surface area contributed by atoms with Crippen LogP contribution in [0.4, 0.5) is 5.69 Å². The highest BCUT2D eigenvalue weighted by Gasteiger charge is 2.07. The minimum atomic E-state index is 0.658. The average molecular weight is 314 g/mol. The lowest BCUT2D eigenvalue weighted by molar-refractivity contribution is 0.411. The van der Waals surface area contributed by atoms with Gasteiger partial charge < -0.3 is 10.5 Å².